The maximum atomic E-state index is 13.5. The van der Waals surface area contributed by atoms with Crippen molar-refractivity contribution in [2.75, 3.05) is 20.2 Å². The van der Waals surface area contributed by atoms with E-state index in [-0.39, 0.29) is 16.8 Å². The molecule has 0 spiro atoms. The maximum absolute atomic E-state index is 13.5. The van der Waals surface area contributed by atoms with E-state index < -0.39 is 10.1 Å². The molecule has 1 heterocycles. The molecule has 2 aromatic carbocycles. The number of likely N-dealkylation sites (N-methyl/N-ethyl adjacent to an activating group) is 1. The lowest BCUT2D eigenvalue weighted by Crippen LogP contribution is -2.26. The van der Waals surface area contributed by atoms with Gasteiger partial charge in [-0.1, -0.05) is 30.3 Å². The molecule has 0 aromatic heterocycles. The largest absolute Gasteiger partial charge is 0.372 e. The Kier molecular flexibility index (Phi) is 6.44. The molecule has 5 nitrogen and oxygen atoms in total. The number of benzene rings is 2. The van der Waals surface area contributed by atoms with E-state index in [0.717, 1.165) is 17.5 Å². The predicted octanol–water partition coefficient (Wildman–Crippen LogP) is 2.59. The summed E-state index contributed by atoms with van der Waals surface area (Å²) < 4.78 is 48.3. The van der Waals surface area contributed by atoms with Gasteiger partial charge in [-0.25, -0.2) is 4.39 Å². The predicted molar refractivity (Wildman–Crippen MR) is 89.0 cm³/mol. The van der Waals surface area contributed by atoms with Crippen LogP contribution in [0, 0.1) is 5.82 Å². The molecule has 0 radical (unpaired) electrons. The van der Waals surface area contributed by atoms with Gasteiger partial charge >= 0.3 is 0 Å². The van der Waals surface area contributed by atoms with Crippen molar-refractivity contribution in [3.05, 3.63) is 65.5 Å². The van der Waals surface area contributed by atoms with Crippen LogP contribution in [0.3, 0.4) is 0 Å². The van der Waals surface area contributed by atoms with Gasteiger partial charge < -0.3 is 10.1 Å². The Bertz CT molecular complexity index is 765. The second-order valence-corrected chi connectivity index (χ2v) is 6.69. The molecule has 24 heavy (non-hydrogen) atoms. The molecule has 130 valence electrons. The molecule has 7 heteroatoms. The van der Waals surface area contributed by atoms with E-state index in [9.17, 15) is 12.8 Å². The van der Waals surface area contributed by atoms with Crippen LogP contribution in [0.4, 0.5) is 4.39 Å². The van der Waals surface area contributed by atoms with Crippen molar-refractivity contribution < 1.29 is 22.1 Å². The fourth-order valence-corrected chi connectivity index (χ4v) is 2.99. The SMILES string of the molecule is CNC[C@@H]1OCCc2cccc(F)c21.O=S(=O)(O)c1ccccc1. The third-order valence-electron chi connectivity index (χ3n) is 3.59. The summed E-state index contributed by atoms with van der Waals surface area (Å²) in [4.78, 5) is -0.0741. The molecule has 0 saturated heterocycles. The molecule has 0 unspecified atom stereocenters. The van der Waals surface area contributed by atoms with Crippen LogP contribution in [0.1, 0.15) is 17.2 Å². The highest BCUT2D eigenvalue weighted by Gasteiger charge is 2.23. The Balaban J connectivity index is 0.000000185. The van der Waals surface area contributed by atoms with E-state index in [0.29, 0.717) is 13.2 Å². The summed E-state index contributed by atoms with van der Waals surface area (Å²) in [6, 6.07) is 12.7. The van der Waals surface area contributed by atoms with Crippen LogP contribution in [0.25, 0.3) is 0 Å². The molecule has 0 bridgehead atoms. The number of fused-ring (bicyclic) bond motifs is 1. The second kappa shape index (κ2) is 8.34. The first-order valence-electron chi connectivity index (χ1n) is 7.49. The Labute approximate surface area is 141 Å². The van der Waals surface area contributed by atoms with Crippen LogP contribution >= 0.6 is 0 Å². The second-order valence-electron chi connectivity index (χ2n) is 5.27. The van der Waals surface area contributed by atoms with Gasteiger partial charge in [-0.3, -0.25) is 4.55 Å². The molecule has 1 aliphatic rings. The van der Waals surface area contributed by atoms with E-state index in [1.54, 1.807) is 24.3 Å². The maximum Gasteiger partial charge on any atom is 0.294 e. The fourth-order valence-electron chi connectivity index (χ4n) is 2.49. The van der Waals surface area contributed by atoms with Crippen LogP contribution in [0.5, 0.6) is 0 Å². The third-order valence-corrected chi connectivity index (χ3v) is 4.45. The first kappa shape index (κ1) is 18.5. The summed E-state index contributed by atoms with van der Waals surface area (Å²) in [5.41, 5.74) is 1.81. The van der Waals surface area contributed by atoms with Crippen LogP contribution in [-0.4, -0.2) is 33.2 Å². The third kappa shape index (κ3) is 4.85. The van der Waals surface area contributed by atoms with Gasteiger partial charge in [0.05, 0.1) is 17.6 Å². The van der Waals surface area contributed by atoms with E-state index in [4.69, 9.17) is 9.29 Å². The Morgan fingerprint density at radius 3 is 2.50 bits per heavy atom. The average Bonchev–Trinajstić information content (AvgIpc) is 2.56. The van der Waals surface area contributed by atoms with Crippen molar-refractivity contribution in [1.29, 1.82) is 0 Å². The lowest BCUT2D eigenvalue weighted by molar-refractivity contribution is 0.0410. The highest BCUT2D eigenvalue weighted by molar-refractivity contribution is 7.85. The zero-order valence-corrected chi connectivity index (χ0v) is 14.1. The molecule has 0 saturated carbocycles. The number of rotatable bonds is 3. The van der Waals surface area contributed by atoms with Crippen LogP contribution < -0.4 is 5.32 Å². The minimum absolute atomic E-state index is 0.0741. The molecule has 2 aromatic rings. The van der Waals surface area contributed by atoms with Crippen molar-refractivity contribution in [3.8, 4) is 0 Å². The zero-order chi connectivity index (χ0) is 17.6. The monoisotopic (exact) mass is 353 g/mol. The lowest BCUT2D eigenvalue weighted by atomic mass is 9.97. The van der Waals surface area contributed by atoms with E-state index in [1.807, 2.05) is 13.1 Å². The first-order chi connectivity index (χ1) is 11.4. The van der Waals surface area contributed by atoms with Crippen LogP contribution in [0.15, 0.2) is 53.4 Å². The number of halogens is 1. The summed E-state index contributed by atoms with van der Waals surface area (Å²) >= 11 is 0. The van der Waals surface area contributed by atoms with Crippen molar-refractivity contribution >= 4 is 10.1 Å². The standard InChI is InChI=1S/C11H14FNO.C6H6O3S/c1-13-7-10-11-8(5-6-14-10)3-2-4-9(11)12;7-10(8,9)6-4-2-1-3-5-6/h2-4,10,13H,5-7H2,1H3;1-5H,(H,7,8,9)/t10-;/m0./s1. The van der Waals surface area contributed by atoms with Gasteiger partial charge in [0, 0.05) is 12.1 Å². The first-order valence-corrected chi connectivity index (χ1v) is 8.93. The highest BCUT2D eigenvalue weighted by Crippen LogP contribution is 2.28. The minimum Gasteiger partial charge on any atom is -0.372 e. The van der Waals surface area contributed by atoms with Crippen molar-refractivity contribution in [1.82, 2.24) is 5.32 Å². The van der Waals surface area contributed by atoms with E-state index in [1.165, 1.54) is 18.2 Å². The molecular weight excluding hydrogens is 333 g/mol. The summed E-state index contributed by atoms with van der Waals surface area (Å²) in [5, 5.41) is 3.01. The molecule has 2 N–H and O–H groups in total. The zero-order valence-electron chi connectivity index (χ0n) is 13.3. The number of ether oxygens (including phenoxy) is 1. The summed E-state index contributed by atoms with van der Waals surface area (Å²) in [6.45, 7) is 1.34. The quantitative estimate of drug-likeness (QED) is 0.830. The number of hydrogen-bond donors (Lipinski definition) is 2. The van der Waals surface area contributed by atoms with Gasteiger partial charge in [0.2, 0.25) is 0 Å². The van der Waals surface area contributed by atoms with Gasteiger partial charge in [-0.2, -0.15) is 8.42 Å². The molecule has 0 fully saturated rings. The van der Waals surface area contributed by atoms with Gasteiger partial charge in [0.15, 0.2) is 0 Å². The summed E-state index contributed by atoms with van der Waals surface area (Å²) in [6.07, 6.45) is 0.678. The highest BCUT2D eigenvalue weighted by atomic mass is 32.2. The minimum atomic E-state index is -4.00. The molecule has 1 atom stereocenters. The smallest absolute Gasteiger partial charge is 0.294 e. The van der Waals surface area contributed by atoms with Crippen molar-refractivity contribution in [2.24, 2.45) is 0 Å². The van der Waals surface area contributed by atoms with Gasteiger partial charge in [0.1, 0.15) is 5.82 Å². The topological polar surface area (TPSA) is 75.6 Å². The summed E-state index contributed by atoms with van der Waals surface area (Å²) in [7, 11) is -2.16. The van der Waals surface area contributed by atoms with Gasteiger partial charge in [0.25, 0.3) is 10.1 Å². The average molecular weight is 353 g/mol. The van der Waals surface area contributed by atoms with Crippen LogP contribution in [-0.2, 0) is 21.3 Å². The summed E-state index contributed by atoms with van der Waals surface area (Å²) in [5.74, 6) is -0.151. The van der Waals surface area contributed by atoms with Gasteiger partial charge in [-0.05, 0) is 37.2 Å². The Morgan fingerprint density at radius 2 is 1.92 bits per heavy atom. The van der Waals surface area contributed by atoms with Crippen LogP contribution in [0.2, 0.25) is 0 Å². The molecule has 1 aliphatic heterocycles. The van der Waals surface area contributed by atoms with Crippen molar-refractivity contribution in [2.45, 2.75) is 17.4 Å². The molecule has 3 rings (SSSR count). The van der Waals surface area contributed by atoms with Gasteiger partial charge in [-0.15, -0.1) is 0 Å². The number of nitrogens with one attached hydrogen (secondary N) is 1. The Morgan fingerprint density at radius 1 is 1.21 bits per heavy atom. The normalized spacial score (nSPS) is 16.7. The lowest BCUT2D eigenvalue weighted by Gasteiger charge is -2.26. The molecule has 0 aliphatic carbocycles. The van der Waals surface area contributed by atoms with E-state index >= 15 is 0 Å². The van der Waals surface area contributed by atoms with Crippen molar-refractivity contribution in [3.63, 3.8) is 0 Å². The molecule has 0 amide bonds. The Hall–Kier alpha value is -1.80. The number of hydrogen-bond acceptors (Lipinski definition) is 4. The fraction of sp³-hybridized carbons (Fsp3) is 0.294. The van der Waals surface area contributed by atoms with E-state index in [2.05, 4.69) is 5.32 Å². The molecular formula is C17H20FNO4S.